The number of amides is 1. The van der Waals surface area contributed by atoms with E-state index in [0.717, 1.165) is 10.2 Å². The zero-order valence-electron chi connectivity index (χ0n) is 15.3. The van der Waals surface area contributed by atoms with E-state index in [1.54, 1.807) is 40.1 Å². The first-order valence-corrected chi connectivity index (χ1v) is 9.64. The molecule has 1 N–H and O–H groups in total. The molecular formula is C20H17BrN6O2. The lowest BCUT2D eigenvalue weighted by atomic mass is 10.2. The van der Waals surface area contributed by atoms with Crippen LogP contribution in [0.2, 0.25) is 0 Å². The molecule has 0 saturated carbocycles. The van der Waals surface area contributed by atoms with Gasteiger partial charge in [-0.1, -0.05) is 6.07 Å². The van der Waals surface area contributed by atoms with Crippen LogP contribution >= 0.6 is 15.9 Å². The summed E-state index contributed by atoms with van der Waals surface area (Å²) in [4.78, 5) is 16.4. The Balaban J connectivity index is 1.36. The monoisotopic (exact) mass is 452 g/mol. The number of benzene rings is 2. The third-order valence-corrected chi connectivity index (χ3v) is 4.50. The second-order valence-electron chi connectivity index (χ2n) is 6.14. The van der Waals surface area contributed by atoms with Crippen LogP contribution in [0.5, 0.6) is 5.75 Å². The zero-order chi connectivity index (χ0) is 20.1. The molecule has 0 aliphatic carbocycles. The van der Waals surface area contributed by atoms with Crippen molar-refractivity contribution < 1.29 is 9.53 Å². The van der Waals surface area contributed by atoms with E-state index >= 15 is 0 Å². The Labute approximate surface area is 175 Å². The Morgan fingerprint density at radius 3 is 2.72 bits per heavy atom. The third-order valence-electron chi connectivity index (χ3n) is 4.09. The number of rotatable bonds is 7. The maximum atomic E-state index is 12.5. The van der Waals surface area contributed by atoms with E-state index in [0.29, 0.717) is 30.2 Å². The van der Waals surface area contributed by atoms with Crippen LogP contribution in [0.25, 0.3) is 5.69 Å². The first kappa shape index (κ1) is 18.9. The summed E-state index contributed by atoms with van der Waals surface area (Å²) >= 11 is 3.37. The summed E-state index contributed by atoms with van der Waals surface area (Å²) < 4.78 is 10.0. The summed E-state index contributed by atoms with van der Waals surface area (Å²) in [7, 11) is 0. The van der Waals surface area contributed by atoms with Crippen molar-refractivity contribution in [2.75, 3.05) is 11.9 Å². The van der Waals surface area contributed by atoms with E-state index in [-0.39, 0.29) is 5.91 Å². The van der Waals surface area contributed by atoms with Crippen LogP contribution < -0.4 is 10.1 Å². The predicted octanol–water partition coefficient (Wildman–Crippen LogP) is 3.56. The van der Waals surface area contributed by atoms with Gasteiger partial charge >= 0.3 is 0 Å². The molecule has 0 unspecified atom stereocenters. The number of carbonyl (C=O) groups excluding carboxylic acids is 1. The van der Waals surface area contributed by atoms with Crippen molar-refractivity contribution in [3.8, 4) is 11.4 Å². The van der Waals surface area contributed by atoms with Crippen molar-refractivity contribution in [2.45, 2.75) is 6.54 Å². The molecule has 2 aromatic heterocycles. The van der Waals surface area contributed by atoms with Gasteiger partial charge in [-0.2, -0.15) is 10.2 Å². The summed E-state index contributed by atoms with van der Waals surface area (Å²) in [6.45, 7) is 1.04. The molecule has 2 heterocycles. The van der Waals surface area contributed by atoms with Gasteiger partial charge < -0.3 is 10.1 Å². The third kappa shape index (κ3) is 4.88. The minimum Gasteiger partial charge on any atom is -0.492 e. The number of nitrogens with one attached hydrogen (secondary N) is 1. The van der Waals surface area contributed by atoms with Gasteiger partial charge in [0.05, 0.1) is 22.9 Å². The van der Waals surface area contributed by atoms with E-state index in [1.807, 2.05) is 36.5 Å². The molecular weight excluding hydrogens is 436 g/mol. The lowest BCUT2D eigenvalue weighted by Crippen LogP contribution is -2.12. The molecule has 146 valence electrons. The molecule has 4 rings (SSSR count). The van der Waals surface area contributed by atoms with Crippen LogP contribution in [0.15, 0.2) is 78.1 Å². The first-order chi connectivity index (χ1) is 14.2. The van der Waals surface area contributed by atoms with E-state index in [9.17, 15) is 4.79 Å². The number of nitrogens with zero attached hydrogens (tertiary/aromatic N) is 5. The van der Waals surface area contributed by atoms with Crippen LogP contribution in [0.4, 0.5) is 5.69 Å². The molecule has 0 spiro atoms. The Bertz CT molecular complexity index is 1090. The number of anilines is 1. The minimum absolute atomic E-state index is 0.196. The summed E-state index contributed by atoms with van der Waals surface area (Å²) in [6, 6.07) is 14.5. The number of halogens is 1. The van der Waals surface area contributed by atoms with Crippen molar-refractivity contribution in [1.82, 2.24) is 24.5 Å². The van der Waals surface area contributed by atoms with Crippen molar-refractivity contribution in [2.24, 2.45) is 0 Å². The molecule has 0 bridgehead atoms. The Morgan fingerprint density at radius 1 is 1.14 bits per heavy atom. The normalized spacial score (nSPS) is 10.7. The fourth-order valence-electron chi connectivity index (χ4n) is 2.68. The average Bonchev–Trinajstić information content (AvgIpc) is 3.40. The second-order valence-corrected chi connectivity index (χ2v) is 7.05. The Hall–Kier alpha value is -3.46. The van der Waals surface area contributed by atoms with Gasteiger partial charge in [-0.3, -0.25) is 4.79 Å². The van der Waals surface area contributed by atoms with Crippen molar-refractivity contribution in [3.63, 3.8) is 0 Å². The van der Waals surface area contributed by atoms with Crippen LogP contribution in [0, 0.1) is 0 Å². The zero-order valence-corrected chi connectivity index (χ0v) is 16.9. The Kier molecular flexibility index (Phi) is 5.66. The van der Waals surface area contributed by atoms with Crippen LogP contribution in [0.3, 0.4) is 0 Å². The predicted molar refractivity (Wildman–Crippen MR) is 111 cm³/mol. The number of hydrogen-bond acceptors (Lipinski definition) is 5. The molecule has 0 aliphatic rings. The van der Waals surface area contributed by atoms with Gasteiger partial charge in [0.25, 0.3) is 5.91 Å². The van der Waals surface area contributed by atoms with Gasteiger partial charge in [0, 0.05) is 23.5 Å². The number of carbonyl (C=O) groups is 1. The summed E-state index contributed by atoms with van der Waals surface area (Å²) in [5.41, 5.74) is 2.08. The SMILES string of the molecule is O=C(Nc1cccc(OCCn2cncn2)c1)c1ccc(-n2cc(Br)cn2)cc1. The molecule has 2 aromatic carbocycles. The largest absolute Gasteiger partial charge is 0.492 e. The van der Waals surface area contributed by atoms with E-state index in [1.165, 1.54) is 6.33 Å². The number of hydrogen-bond donors (Lipinski definition) is 1. The van der Waals surface area contributed by atoms with Gasteiger partial charge in [0.1, 0.15) is 25.0 Å². The maximum Gasteiger partial charge on any atom is 0.255 e. The topological polar surface area (TPSA) is 86.9 Å². The number of aromatic nitrogens is 5. The van der Waals surface area contributed by atoms with Crippen molar-refractivity contribution >= 4 is 27.5 Å². The van der Waals surface area contributed by atoms with Gasteiger partial charge in [-0.25, -0.2) is 14.3 Å². The second kappa shape index (κ2) is 8.70. The lowest BCUT2D eigenvalue weighted by molar-refractivity contribution is 0.102. The summed E-state index contributed by atoms with van der Waals surface area (Å²) in [5, 5.41) is 11.1. The summed E-state index contributed by atoms with van der Waals surface area (Å²) in [6.07, 6.45) is 6.68. The quantitative estimate of drug-likeness (QED) is 0.463. The van der Waals surface area contributed by atoms with Crippen LogP contribution in [0.1, 0.15) is 10.4 Å². The lowest BCUT2D eigenvalue weighted by Gasteiger charge is -2.10. The van der Waals surface area contributed by atoms with Gasteiger partial charge in [-0.05, 0) is 52.3 Å². The smallest absolute Gasteiger partial charge is 0.255 e. The van der Waals surface area contributed by atoms with E-state index in [2.05, 4.69) is 36.4 Å². The maximum absolute atomic E-state index is 12.5. The van der Waals surface area contributed by atoms with Gasteiger partial charge in [0.2, 0.25) is 0 Å². The molecule has 8 nitrogen and oxygen atoms in total. The molecule has 0 atom stereocenters. The van der Waals surface area contributed by atoms with Crippen molar-refractivity contribution in [3.05, 3.63) is 83.6 Å². The fraction of sp³-hybridized carbons (Fsp3) is 0.100. The van der Waals surface area contributed by atoms with Gasteiger partial charge in [-0.15, -0.1) is 0 Å². The molecule has 0 aliphatic heterocycles. The molecule has 1 amide bonds. The summed E-state index contributed by atoms with van der Waals surface area (Å²) in [5.74, 6) is 0.473. The fourth-order valence-corrected chi connectivity index (χ4v) is 2.97. The highest BCUT2D eigenvalue weighted by molar-refractivity contribution is 9.10. The van der Waals surface area contributed by atoms with Crippen LogP contribution in [-0.4, -0.2) is 37.1 Å². The first-order valence-electron chi connectivity index (χ1n) is 8.85. The molecule has 0 radical (unpaired) electrons. The van der Waals surface area contributed by atoms with Crippen LogP contribution in [-0.2, 0) is 6.54 Å². The highest BCUT2D eigenvalue weighted by Crippen LogP contribution is 2.19. The minimum atomic E-state index is -0.196. The molecule has 0 saturated heterocycles. The van der Waals surface area contributed by atoms with E-state index < -0.39 is 0 Å². The highest BCUT2D eigenvalue weighted by atomic mass is 79.9. The molecule has 9 heteroatoms. The van der Waals surface area contributed by atoms with E-state index in [4.69, 9.17) is 4.74 Å². The van der Waals surface area contributed by atoms with Gasteiger partial charge in [0.15, 0.2) is 0 Å². The number of ether oxygens (including phenoxy) is 1. The molecule has 29 heavy (non-hydrogen) atoms. The molecule has 4 aromatic rings. The standard InChI is InChI=1S/C20H17BrN6O2/c21-16-11-23-27(12-16)18-6-4-15(5-7-18)20(28)25-17-2-1-3-19(10-17)29-9-8-26-14-22-13-24-26/h1-7,10-14H,8-9H2,(H,25,28). The highest BCUT2D eigenvalue weighted by Gasteiger charge is 2.08. The average molecular weight is 453 g/mol. The molecule has 0 fully saturated rings. The van der Waals surface area contributed by atoms with Crippen molar-refractivity contribution in [1.29, 1.82) is 0 Å². The Morgan fingerprint density at radius 2 is 2.00 bits per heavy atom.